The van der Waals surface area contributed by atoms with Gasteiger partial charge in [-0.05, 0) is 37.1 Å². The van der Waals surface area contributed by atoms with Crippen molar-refractivity contribution in [2.24, 2.45) is 0 Å². The van der Waals surface area contributed by atoms with Crippen LogP contribution in [0.1, 0.15) is 33.8 Å². The van der Waals surface area contributed by atoms with Gasteiger partial charge >= 0.3 is 11.9 Å². The summed E-state index contributed by atoms with van der Waals surface area (Å²) in [5.41, 5.74) is 2.56. The Morgan fingerprint density at radius 3 is 1.97 bits per heavy atom. The van der Waals surface area contributed by atoms with Crippen molar-refractivity contribution in [3.63, 3.8) is 0 Å². The van der Waals surface area contributed by atoms with E-state index in [2.05, 4.69) is 35.1 Å². The molecule has 10 nitrogen and oxygen atoms in total. The first-order valence-corrected chi connectivity index (χ1v) is 10.4. The SMILES string of the molecule is COC(=O)c1ccc2c(n1)N[C@H]1CCN2C1.O=C(O)c1ccc2c(n1)N[C@H]1CCN2C1. The lowest BCUT2D eigenvalue weighted by atomic mass is 10.2. The molecule has 4 bridgehead atoms. The molecule has 0 saturated carbocycles. The summed E-state index contributed by atoms with van der Waals surface area (Å²) in [6, 6.07) is 7.93. The normalized spacial score (nSPS) is 21.7. The fourth-order valence-corrected chi connectivity index (χ4v) is 4.54. The number of anilines is 4. The highest BCUT2D eigenvalue weighted by Gasteiger charge is 2.32. The number of nitrogens with zero attached hydrogens (tertiary/aromatic N) is 4. The Bertz CT molecular complexity index is 1040. The van der Waals surface area contributed by atoms with Gasteiger partial charge in [-0.1, -0.05) is 0 Å². The lowest BCUT2D eigenvalue weighted by Crippen LogP contribution is -2.32. The van der Waals surface area contributed by atoms with Gasteiger partial charge in [0.05, 0.1) is 18.5 Å². The number of rotatable bonds is 2. The van der Waals surface area contributed by atoms with E-state index in [0.29, 0.717) is 23.6 Å². The predicted octanol–water partition coefficient (Wildman–Crippen LogP) is 1.66. The summed E-state index contributed by atoms with van der Waals surface area (Å²) in [4.78, 5) is 35.1. The number of methoxy groups -OCH3 is 1. The van der Waals surface area contributed by atoms with Gasteiger partial charge in [0.25, 0.3) is 0 Å². The topological polar surface area (TPSA) is 120 Å². The van der Waals surface area contributed by atoms with Crippen LogP contribution in [0.2, 0.25) is 0 Å². The zero-order valence-corrected chi connectivity index (χ0v) is 17.2. The van der Waals surface area contributed by atoms with Gasteiger partial charge in [-0.15, -0.1) is 0 Å². The van der Waals surface area contributed by atoms with Crippen molar-refractivity contribution < 1.29 is 19.4 Å². The van der Waals surface area contributed by atoms with Gasteiger partial charge in [-0.2, -0.15) is 0 Å². The van der Waals surface area contributed by atoms with E-state index in [1.807, 2.05) is 12.1 Å². The molecule has 162 valence electrons. The molecule has 3 N–H and O–H groups in total. The van der Waals surface area contributed by atoms with Crippen LogP contribution in [0.25, 0.3) is 0 Å². The molecule has 4 aliphatic rings. The molecule has 0 aromatic carbocycles. The Kier molecular flexibility index (Phi) is 4.76. The van der Waals surface area contributed by atoms with Crippen molar-refractivity contribution >= 4 is 34.9 Å². The molecule has 2 aromatic rings. The van der Waals surface area contributed by atoms with Crippen LogP contribution < -0.4 is 20.4 Å². The second kappa shape index (κ2) is 7.60. The quantitative estimate of drug-likeness (QED) is 0.614. The fraction of sp³-hybridized carbons (Fsp3) is 0.429. The third-order valence-corrected chi connectivity index (χ3v) is 6.10. The molecule has 0 unspecified atom stereocenters. The number of nitrogens with one attached hydrogen (secondary N) is 2. The van der Waals surface area contributed by atoms with Crippen LogP contribution in [-0.4, -0.2) is 72.4 Å². The minimum atomic E-state index is -0.979. The molecule has 0 spiro atoms. The number of pyridine rings is 2. The number of fused-ring (bicyclic) bond motifs is 8. The number of carbonyl (C=O) groups is 2. The lowest BCUT2D eigenvalue weighted by Gasteiger charge is -2.27. The smallest absolute Gasteiger partial charge is 0.356 e. The van der Waals surface area contributed by atoms with Gasteiger partial charge in [-0.3, -0.25) is 0 Å². The zero-order chi connectivity index (χ0) is 21.5. The second-order valence-electron chi connectivity index (χ2n) is 8.08. The third-order valence-electron chi connectivity index (χ3n) is 6.10. The lowest BCUT2D eigenvalue weighted by molar-refractivity contribution is 0.0593. The van der Waals surface area contributed by atoms with Gasteiger partial charge in [0.2, 0.25) is 0 Å². The molecule has 31 heavy (non-hydrogen) atoms. The number of hydrogen-bond acceptors (Lipinski definition) is 9. The molecule has 2 saturated heterocycles. The molecule has 0 radical (unpaired) electrons. The molecule has 2 aromatic heterocycles. The number of carboxylic acids is 1. The summed E-state index contributed by atoms with van der Waals surface area (Å²) in [6.07, 6.45) is 2.22. The minimum Gasteiger partial charge on any atom is -0.477 e. The molecule has 4 aliphatic heterocycles. The Morgan fingerprint density at radius 1 is 0.935 bits per heavy atom. The van der Waals surface area contributed by atoms with E-state index >= 15 is 0 Å². The van der Waals surface area contributed by atoms with Crippen molar-refractivity contribution in [3.8, 4) is 0 Å². The van der Waals surface area contributed by atoms with Crippen molar-refractivity contribution in [1.29, 1.82) is 0 Å². The molecule has 6 rings (SSSR count). The van der Waals surface area contributed by atoms with Crippen LogP contribution in [-0.2, 0) is 4.74 Å². The Balaban J connectivity index is 0.000000132. The van der Waals surface area contributed by atoms with E-state index in [1.165, 1.54) is 7.11 Å². The van der Waals surface area contributed by atoms with E-state index < -0.39 is 11.9 Å². The Labute approximate surface area is 179 Å². The van der Waals surface area contributed by atoms with Crippen LogP contribution in [0.4, 0.5) is 23.0 Å². The molecule has 2 atom stereocenters. The number of aromatic nitrogens is 2. The number of carbonyl (C=O) groups excluding carboxylic acids is 1. The van der Waals surface area contributed by atoms with Gasteiger partial charge in [0, 0.05) is 38.3 Å². The maximum absolute atomic E-state index is 11.4. The summed E-state index contributed by atoms with van der Waals surface area (Å²) < 4.78 is 4.65. The first kappa shape index (κ1) is 19.4. The van der Waals surface area contributed by atoms with Gasteiger partial charge in [0.1, 0.15) is 0 Å². The van der Waals surface area contributed by atoms with Crippen molar-refractivity contribution in [1.82, 2.24) is 9.97 Å². The average molecular weight is 424 g/mol. The van der Waals surface area contributed by atoms with E-state index in [1.54, 1.807) is 12.1 Å². The summed E-state index contributed by atoms with van der Waals surface area (Å²) in [5.74, 6) is 0.144. The van der Waals surface area contributed by atoms with Crippen LogP contribution in [0, 0.1) is 0 Å². The van der Waals surface area contributed by atoms with Gasteiger partial charge in [0.15, 0.2) is 23.0 Å². The maximum atomic E-state index is 11.4. The van der Waals surface area contributed by atoms with Crippen LogP contribution >= 0.6 is 0 Å². The van der Waals surface area contributed by atoms with Crippen LogP contribution in [0.5, 0.6) is 0 Å². The fourth-order valence-electron chi connectivity index (χ4n) is 4.54. The maximum Gasteiger partial charge on any atom is 0.356 e. The average Bonchev–Trinajstić information content (AvgIpc) is 3.36. The molecular formula is C21H24N6O4. The highest BCUT2D eigenvalue weighted by molar-refractivity contribution is 5.89. The number of esters is 1. The largest absolute Gasteiger partial charge is 0.477 e. The first-order valence-electron chi connectivity index (χ1n) is 10.4. The van der Waals surface area contributed by atoms with Gasteiger partial charge in [-0.25, -0.2) is 19.6 Å². The third kappa shape index (κ3) is 3.58. The van der Waals surface area contributed by atoms with Crippen LogP contribution in [0.3, 0.4) is 0 Å². The summed E-state index contributed by atoms with van der Waals surface area (Å²) >= 11 is 0. The highest BCUT2D eigenvalue weighted by atomic mass is 16.5. The number of hydrogen-bond donors (Lipinski definition) is 3. The van der Waals surface area contributed by atoms with E-state index in [4.69, 9.17) is 5.11 Å². The summed E-state index contributed by atoms with van der Waals surface area (Å²) in [6.45, 7) is 4.12. The molecular weight excluding hydrogens is 400 g/mol. The molecule has 0 amide bonds. The molecule has 10 heteroatoms. The summed E-state index contributed by atoms with van der Waals surface area (Å²) in [5, 5.41) is 15.4. The first-order chi connectivity index (χ1) is 15.0. The molecule has 2 fully saturated rings. The summed E-state index contributed by atoms with van der Waals surface area (Å²) in [7, 11) is 1.37. The predicted molar refractivity (Wildman–Crippen MR) is 115 cm³/mol. The standard InChI is InChI=1S/C11H13N3O2.C10H11N3O2/c1-16-11(15)8-2-3-9-10(13-8)12-7-4-5-14(9)6-7;14-10(15)7-1-2-8-9(12-7)11-6-3-4-13(8)5-6/h2-3,7H,4-6H2,1H3,(H,12,13);1-2,6H,3-5H2,(H,11,12)(H,14,15)/t7-;6-/m00/s1. The van der Waals surface area contributed by atoms with Crippen molar-refractivity contribution in [3.05, 3.63) is 35.7 Å². The number of carboxylic acid groups (broad SMARTS) is 1. The monoisotopic (exact) mass is 424 g/mol. The second-order valence-corrected chi connectivity index (χ2v) is 8.08. The Hall–Kier alpha value is -3.56. The molecule has 6 heterocycles. The van der Waals surface area contributed by atoms with Crippen LogP contribution in [0.15, 0.2) is 24.3 Å². The van der Waals surface area contributed by atoms with Crippen molar-refractivity contribution in [2.75, 3.05) is 53.7 Å². The highest BCUT2D eigenvalue weighted by Crippen LogP contribution is 2.35. The van der Waals surface area contributed by atoms with E-state index in [-0.39, 0.29) is 5.69 Å². The Morgan fingerprint density at radius 2 is 1.45 bits per heavy atom. The van der Waals surface area contributed by atoms with E-state index in [0.717, 1.165) is 56.2 Å². The van der Waals surface area contributed by atoms with Gasteiger partial charge < -0.3 is 30.3 Å². The zero-order valence-electron chi connectivity index (χ0n) is 17.2. The van der Waals surface area contributed by atoms with Crippen molar-refractivity contribution in [2.45, 2.75) is 24.9 Å². The van der Waals surface area contributed by atoms with E-state index in [9.17, 15) is 9.59 Å². The molecule has 0 aliphatic carbocycles. The number of ether oxygens (including phenoxy) is 1. The number of aromatic carboxylic acids is 1. The minimum absolute atomic E-state index is 0.101.